The van der Waals surface area contributed by atoms with Crippen LogP contribution in [0.3, 0.4) is 0 Å². The van der Waals surface area contributed by atoms with E-state index in [0.29, 0.717) is 0 Å². The molecule has 0 N–H and O–H groups in total. The first-order valence-electron chi connectivity index (χ1n) is 5.20. The van der Waals surface area contributed by atoms with Crippen LogP contribution in [0.5, 0.6) is 0 Å². The molecule has 0 aliphatic carbocycles. The Hall–Kier alpha value is 0.590. The van der Waals surface area contributed by atoms with Gasteiger partial charge in [-0.2, -0.15) is 0 Å². The van der Waals surface area contributed by atoms with E-state index in [-0.39, 0.29) is 112 Å². The van der Waals surface area contributed by atoms with E-state index in [0.717, 1.165) is 18.2 Å². The second kappa shape index (κ2) is 12.9. The molecule has 0 saturated carbocycles. The summed E-state index contributed by atoms with van der Waals surface area (Å²) in [5.41, 5.74) is -0.545. The van der Waals surface area contributed by atoms with Gasteiger partial charge in [-0.25, -0.2) is 0 Å². The largest absolute Gasteiger partial charge is 1.00 e. The number of benzene rings is 1. The van der Waals surface area contributed by atoms with E-state index in [1.165, 1.54) is 6.92 Å². The zero-order chi connectivity index (χ0) is 14.6. The summed E-state index contributed by atoms with van der Waals surface area (Å²) in [6.45, 7) is 0.953. The van der Waals surface area contributed by atoms with Gasteiger partial charge >= 0.3 is 88.7 Å². The van der Waals surface area contributed by atoms with Crippen molar-refractivity contribution in [3.8, 4) is 0 Å². The minimum absolute atomic E-state index is 0. The maximum Gasteiger partial charge on any atom is 1.00 e. The van der Waals surface area contributed by atoms with Crippen molar-refractivity contribution in [3.63, 3.8) is 0 Å². The van der Waals surface area contributed by atoms with Gasteiger partial charge in [-0.15, -0.1) is 0 Å². The molecular weight excluding hydrogens is 325 g/mol. The summed E-state index contributed by atoms with van der Waals surface area (Å²) >= 11 is 0. The molecule has 0 fully saturated rings. The first-order valence-corrected chi connectivity index (χ1v) is 5.20. The summed E-state index contributed by atoms with van der Waals surface area (Å²) < 4.78 is 4.87. The number of carbonyl (C=O) groups is 3. The Morgan fingerprint density at radius 1 is 0.955 bits per heavy atom. The molecule has 0 saturated heterocycles. The van der Waals surface area contributed by atoms with Gasteiger partial charge in [0.25, 0.3) is 0 Å². The summed E-state index contributed by atoms with van der Waals surface area (Å²) in [6, 6.07) is 3.14. The van der Waals surface area contributed by atoms with Gasteiger partial charge in [0.05, 0.1) is 30.6 Å². The van der Waals surface area contributed by atoms with Gasteiger partial charge in [0.15, 0.2) is 0 Å². The molecule has 0 unspecified atom stereocenters. The van der Waals surface area contributed by atoms with Crippen molar-refractivity contribution < 1.29 is 123 Å². The smallest absolute Gasteiger partial charge is 0.547 e. The average Bonchev–Trinajstić information content (AvgIpc) is 2.35. The molecule has 102 valence electrons. The number of aromatic carboxylic acids is 2. The second-order valence-corrected chi connectivity index (χ2v) is 3.77. The first-order chi connectivity index (χ1) is 8.81. The van der Waals surface area contributed by atoms with E-state index in [2.05, 4.69) is 0 Å². The number of carboxylic acids is 3. The molecule has 0 spiro atoms. The fraction of sp³-hybridized carbons (Fsp3) is 0.250. The minimum atomic E-state index is -1.56. The predicted molar refractivity (Wildman–Crippen MR) is 54.4 cm³/mol. The maximum atomic E-state index is 10.7. The van der Waals surface area contributed by atoms with Crippen LogP contribution in [0, 0.1) is 0 Å². The number of aliphatic carboxylic acids is 1. The fourth-order valence-corrected chi connectivity index (χ4v) is 1.30. The van der Waals surface area contributed by atoms with Crippen LogP contribution in [0.1, 0.15) is 33.2 Å². The van der Waals surface area contributed by atoms with E-state index in [4.69, 9.17) is 4.74 Å². The third kappa shape index (κ3) is 9.02. The quantitative estimate of drug-likeness (QED) is 0.472. The Bertz CT molecular complexity index is 501. The van der Waals surface area contributed by atoms with Crippen molar-refractivity contribution in [2.45, 2.75) is 19.6 Å². The van der Waals surface area contributed by atoms with E-state index < -0.39 is 24.0 Å². The molecule has 10 heteroatoms. The summed E-state index contributed by atoms with van der Waals surface area (Å²) in [5, 5.41) is 31.8. The molecule has 7 nitrogen and oxygen atoms in total. The minimum Gasteiger partial charge on any atom is -0.547 e. The van der Waals surface area contributed by atoms with Gasteiger partial charge in [0.1, 0.15) is 0 Å². The van der Waals surface area contributed by atoms with Crippen LogP contribution < -0.4 is 104 Å². The van der Waals surface area contributed by atoms with Gasteiger partial charge in [-0.3, -0.25) is 0 Å². The van der Waals surface area contributed by atoms with Crippen LogP contribution in [0.15, 0.2) is 18.2 Å². The van der Waals surface area contributed by atoms with Gasteiger partial charge in [0.2, 0.25) is 0 Å². The Labute approximate surface area is 193 Å². The summed E-state index contributed by atoms with van der Waals surface area (Å²) in [6.07, 6.45) is -1.21. The molecule has 1 atom stereocenters. The Balaban J connectivity index is -0.00000120. The number of hydrogen-bond acceptors (Lipinski definition) is 7. The number of rotatable bonds is 6. The van der Waals surface area contributed by atoms with Crippen LogP contribution >= 0.6 is 0 Å². The Morgan fingerprint density at radius 3 is 1.68 bits per heavy atom. The third-order valence-corrected chi connectivity index (χ3v) is 2.30. The summed E-state index contributed by atoms with van der Waals surface area (Å²) in [4.78, 5) is 31.8. The number of ether oxygens (including phenoxy) is 1. The summed E-state index contributed by atoms with van der Waals surface area (Å²) in [7, 11) is 0. The van der Waals surface area contributed by atoms with Crippen molar-refractivity contribution in [1.82, 2.24) is 0 Å². The Morgan fingerprint density at radius 2 is 1.36 bits per heavy atom. The van der Waals surface area contributed by atoms with Gasteiger partial charge in [-0.05, 0) is 41.8 Å². The van der Waals surface area contributed by atoms with Crippen LogP contribution in [-0.2, 0) is 16.1 Å². The van der Waals surface area contributed by atoms with Crippen LogP contribution in [0.25, 0.3) is 0 Å². The molecule has 0 bridgehead atoms. The Kier molecular flexibility index (Phi) is 16.1. The van der Waals surface area contributed by atoms with Gasteiger partial charge < -0.3 is 34.4 Å². The SMILES string of the molecule is C[C@H](OCc1cc(C(=O)[O-])cc(C(=O)[O-])c1)C(=O)[O-].[Na+].[Na+].[Na+]. The molecule has 1 aromatic rings. The molecule has 0 heterocycles. The monoisotopic (exact) mass is 334 g/mol. The summed E-state index contributed by atoms with van der Waals surface area (Å²) in [5.74, 6) is -4.55. The third-order valence-electron chi connectivity index (χ3n) is 2.30. The van der Waals surface area contributed by atoms with Gasteiger partial charge in [-0.1, -0.05) is 0 Å². The maximum absolute atomic E-state index is 10.7. The van der Waals surface area contributed by atoms with Crippen molar-refractivity contribution in [2.24, 2.45) is 0 Å². The van der Waals surface area contributed by atoms with Crippen LogP contribution in [0.4, 0.5) is 0 Å². The zero-order valence-electron chi connectivity index (χ0n) is 12.9. The standard InChI is InChI=1S/C12H12O7.3Na/c1-6(10(13)14)19-5-7-2-8(11(15)16)4-9(3-7)12(17)18;;;/h2-4,6H,5H2,1H3,(H,13,14)(H,15,16)(H,17,18);;;/q;3*+1/p-3/t6-;;;/m0.../s1. The van der Waals surface area contributed by atoms with E-state index in [1.54, 1.807) is 0 Å². The van der Waals surface area contributed by atoms with Crippen molar-refractivity contribution in [2.75, 3.05) is 0 Å². The average molecular weight is 334 g/mol. The molecule has 0 amide bonds. The van der Waals surface area contributed by atoms with Crippen molar-refractivity contribution >= 4 is 17.9 Å². The van der Waals surface area contributed by atoms with Crippen LogP contribution in [-0.4, -0.2) is 24.0 Å². The molecule has 1 rings (SSSR count). The van der Waals surface area contributed by atoms with E-state index >= 15 is 0 Å². The van der Waals surface area contributed by atoms with Crippen molar-refractivity contribution in [1.29, 1.82) is 0 Å². The van der Waals surface area contributed by atoms with E-state index in [1.807, 2.05) is 0 Å². The number of carbonyl (C=O) groups excluding carboxylic acids is 3. The second-order valence-electron chi connectivity index (χ2n) is 3.77. The molecular formula is C12H9Na3O7. The topological polar surface area (TPSA) is 130 Å². The fourth-order valence-electron chi connectivity index (χ4n) is 1.30. The normalized spacial score (nSPS) is 10.2. The molecule has 0 radical (unpaired) electrons. The van der Waals surface area contributed by atoms with Crippen molar-refractivity contribution in [3.05, 3.63) is 34.9 Å². The first kappa shape index (κ1) is 27.4. The molecule has 1 aromatic carbocycles. The van der Waals surface area contributed by atoms with E-state index in [9.17, 15) is 29.7 Å². The molecule has 0 aliphatic heterocycles. The van der Waals surface area contributed by atoms with Gasteiger partial charge in [0, 0.05) is 0 Å². The molecule has 0 aliphatic rings. The van der Waals surface area contributed by atoms with Crippen LogP contribution in [0.2, 0.25) is 0 Å². The number of carboxylic acid groups (broad SMARTS) is 3. The number of hydrogen-bond donors (Lipinski definition) is 0. The predicted octanol–water partition coefficient (Wildman–Crippen LogP) is -11.9. The zero-order valence-corrected chi connectivity index (χ0v) is 18.9. The molecule has 0 aromatic heterocycles. The molecule has 22 heavy (non-hydrogen) atoms.